The van der Waals surface area contributed by atoms with Crippen LogP contribution >= 0.6 is 23.2 Å². The van der Waals surface area contributed by atoms with Gasteiger partial charge in [0.15, 0.2) is 6.61 Å². The van der Waals surface area contributed by atoms with Crippen molar-refractivity contribution >= 4 is 29.1 Å². The van der Waals surface area contributed by atoms with Crippen LogP contribution < -0.4 is 4.74 Å². The van der Waals surface area contributed by atoms with Gasteiger partial charge in [0.25, 0.3) is 5.91 Å². The minimum atomic E-state index is 0.0516. The molecule has 6 heteroatoms. The summed E-state index contributed by atoms with van der Waals surface area (Å²) in [6.07, 6.45) is 6.13. The highest BCUT2D eigenvalue weighted by Gasteiger charge is 2.23. The summed E-state index contributed by atoms with van der Waals surface area (Å²) in [5, 5.41) is 1.49. The molecule has 2 aliphatic rings. The van der Waals surface area contributed by atoms with Gasteiger partial charge in [0.05, 0.1) is 0 Å². The Morgan fingerprint density at radius 3 is 2.29 bits per heavy atom. The first kappa shape index (κ1) is 22.4. The minimum absolute atomic E-state index is 0.0516. The van der Waals surface area contributed by atoms with Crippen LogP contribution in [0.5, 0.6) is 5.75 Å². The Morgan fingerprint density at radius 1 is 0.903 bits per heavy atom. The third-order valence-corrected chi connectivity index (χ3v) is 6.90. The van der Waals surface area contributed by atoms with Crippen molar-refractivity contribution < 1.29 is 9.53 Å². The largest absolute Gasteiger partial charge is 0.483 e. The van der Waals surface area contributed by atoms with Crippen LogP contribution in [0.4, 0.5) is 0 Å². The molecule has 1 saturated carbocycles. The van der Waals surface area contributed by atoms with E-state index in [-0.39, 0.29) is 12.5 Å². The average Bonchev–Trinajstić information content (AvgIpc) is 2.80. The number of amides is 1. The van der Waals surface area contributed by atoms with Gasteiger partial charge >= 0.3 is 0 Å². The third-order valence-electron chi connectivity index (χ3n) is 6.41. The number of carbonyl (C=O) groups excluding carboxylic acids is 1. The lowest BCUT2D eigenvalue weighted by Crippen LogP contribution is -2.49. The van der Waals surface area contributed by atoms with E-state index < -0.39 is 0 Å². The van der Waals surface area contributed by atoms with Gasteiger partial charge in [-0.1, -0.05) is 54.6 Å². The topological polar surface area (TPSA) is 32.8 Å². The molecule has 0 atom stereocenters. The van der Waals surface area contributed by atoms with Crippen molar-refractivity contribution in [3.8, 4) is 5.75 Å². The van der Waals surface area contributed by atoms with Crippen molar-refractivity contribution in [2.75, 3.05) is 32.8 Å². The van der Waals surface area contributed by atoms with E-state index in [1.54, 1.807) is 0 Å². The van der Waals surface area contributed by atoms with Crippen molar-refractivity contribution in [2.24, 2.45) is 0 Å². The fourth-order valence-electron chi connectivity index (χ4n) is 4.62. The van der Waals surface area contributed by atoms with E-state index in [1.165, 1.54) is 37.7 Å². The molecule has 0 unspecified atom stereocenters. The molecule has 1 saturated heterocycles. The van der Waals surface area contributed by atoms with E-state index in [2.05, 4.69) is 17.0 Å². The average molecular weight is 461 g/mol. The Bertz CT molecular complexity index is 874. The predicted octanol–water partition coefficient (Wildman–Crippen LogP) is 5.76. The summed E-state index contributed by atoms with van der Waals surface area (Å²) in [5.74, 6) is 1.34. The SMILES string of the molecule is O=C(COc1ccc(Cl)cc1C1CCCCC1)N1CCN(Cc2ccc(Cl)cc2)CC1. The van der Waals surface area contributed by atoms with Crippen molar-refractivity contribution in [1.82, 2.24) is 9.80 Å². The van der Waals surface area contributed by atoms with Gasteiger partial charge < -0.3 is 9.64 Å². The lowest BCUT2D eigenvalue weighted by molar-refractivity contribution is -0.135. The Balaban J connectivity index is 1.28. The Morgan fingerprint density at radius 2 is 1.58 bits per heavy atom. The zero-order valence-corrected chi connectivity index (χ0v) is 19.4. The molecule has 2 fully saturated rings. The number of carbonyl (C=O) groups is 1. The first-order chi connectivity index (χ1) is 15.1. The number of benzene rings is 2. The number of nitrogens with zero attached hydrogens (tertiary/aromatic N) is 2. The molecule has 1 aliphatic heterocycles. The number of piperazine rings is 1. The Hall–Kier alpha value is -1.75. The van der Waals surface area contributed by atoms with Gasteiger partial charge in [0.2, 0.25) is 0 Å². The fourth-order valence-corrected chi connectivity index (χ4v) is 4.92. The number of hydrogen-bond donors (Lipinski definition) is 0. The van der Waals surface area contributed by atoms with Gasteiger partial charge in [-0.3, -0.25) is 9.69 Å². The quantitative estimate of drug-likeness (QED) is 0.548. The minimum Gasteiger partial charge on any atom is -0.483 e. The summed E-state index contributed by atoms with van der Waals surface area (Å²) < 4.78 is 6.02. The zero-order chi connectivity index (χ0) is 21.6. The molecule has 0 radical (unpaired) electrons. The molecule has 166 valence electrons. The molecule has 0 bridgehead atoms. The van der Waals surface area contributed by atoms with Crippen LogP contribution in [0.3, 0.4) is 0 Å². The van der Waals surface area contributed by atoms with E-state index in [1.807, 2.05) is 35.2 Å². The first-order valence-electron chi connectivity index (χ1n) is 11.3. The fraction of sp³-hybridized carbons (Fsp3) is 0.480. The first-order valence-corrected chi connectivity index (χ1v) is 12.0. The molecule has 0 N–H and O–H groups in total. The molecule has 31 heavy (non-hydrogen) atoms. The van der Waals surface area contributed by atoms with E-state index in [0.717, 1.165) is 54.1 Å². The third kappa shape index (κ3) is 6.15. The van der Waals surface area contributed by atoms with Crippen LogP contribution in [0.25, 0.3) is 0 Å². The van der Waals surface area contributed by atoms with Crippen LogP contribution in [0.15, 0.2) is 42.5 Å². The monoisotopic (exact) mass is 460 g/mol. The van der Waals surface area contributed by atoms with Crippen molar-refractivity contribution in [3.05, 3.63) is 63.6 Å². The summed E-state index contributed by atoms with van der Waals surface area (Å²) in [7, 11) is 0. The second-order valence-corrected chi connectivity index (χ2v) is 9.46. The molecule has 1 aliphatic carbocycles. The maximum Gasteiger partial charge on any atom is 0.260 e. The molecular formula is C25H30Cl2N2O2. The number of hydrogen-bond acceptors (Lipinski definition) is 3. The zero-order valence-electron chi connectivity index (χ0n) is 17.9. The lowest BCUT2D eigenvalue weighted by atomic mass is 9.84. The van der Waals surface area contributed by atoms with Gasteiger partial charge in [-0.05, 0) is 60.2 Å². The van der Waals surface area contributed by atoms with Gasteiger partial charge in [-0.15, -0.1) is 0 Å². The number of ether oxygens (including phenoxy) is 1. The van der Waals surface area contributed by atoms with Crippen molar-refractivity contribution in [1.29, 1.82) is 0 Å². The molecule has 0 aromatic heterocycles. The summed E-state index contributed by atoms with van der Waals surface area (Å²) in [5.41, 5.74) is 2.40. The summed E-state index contributed by atoms with van der Waals surface area (Å²) in [6, 6.07) is 13.8. The predicted molar refractivity (Wildman–Crippen MR) is 126 cm³/mol. The molecule has 4 rings (SSSR count). The summed E-state index contributed by atoms with van der Waals surface area (Å²) in [6.45, 7) is 4.15. The Kier molecular flexibility index (Phi) is 7.76. The van der Waals surface area contributed by atoms with Gasteiger partial charge in [0, 0.05) is 42.8 Å². The van der Waals surface area contributed by atoms with Crippen molar-refractivity contribution in [3.63, 3.8) is 0 Å². The molecular weight excluding hydrogens is 431 g/mol. The molecule has 4 nitrogen and oxygen atoms in total. The molecule has 0 spiro atoms. The molecule has 2 aromatic carbocycles. The second-order valence-electron chi connectivity index (χ2n) is 8.59. The second kappa shape index (κ2) is 10.7. The van der Waals surface area contributed by atoms with Gasteiger partial charge in [-0.2, -0.15) is 0 Å². The van der Waals surface area contributed by atoms with Crippen molar-refractivity contribution in [2.45, 2.75) is 44.6 Å². The van der Waals surface area contributed by atoms with Crippen LogP contribution in [-0.2, 0) is 11.3 Å². The van der Waals surface area contributed by atoms with E-state index in [9.17, 15) is 4.79 Å². The van der Waals surface area contributed by atoms with Crippen LogP contribution in [0.1, 0.15) is 49.1 Å². The summed E-state index contributed by atoms with van der Waals surface area (Å²) in [4.78, 5) is 17.1. The van der Waals surface area contributed by atoms with Crippen LogP contribution in [0, 0.1) is 0 Å². The highest BCUT2D eigenvalue weighted by molar-refractivity contribution is 6.30. The van der Waals surface area contributed by atoms with Gasteiger partial charge in [0.1, 0.15) is 5.75 Å². The molecule has 1 amide bonds. The van der Waals surface area contributed by atoms with Crippen LogP contribution in [0.2, 0.25) is 10.0 Å². The standard InChI is InChI=1S/C25H30Cl2N2O2/c26-21-8-6-19(7-9-21)17-28-12-14-29(15-13-28)25(30)18-31-24-11-10-22(27)16-23(24)20-4-2-1-3-5-20/h6-11,16,20H,1-5,12-15,17-18H2. The van der Waals surface area contributed by atoms with Gasteiger partial charge in [-0.25, -0.2) is 0 Å². The highest BCUT2D eigenvalue weighted by atomic mass is 35.5. The molecule has 1 heterocycles. The Labute approximate surface area is 195 Å². The van der Waals surface area contributed by atoms with E-state index >= 15 is 0 Å². The van der Waals surface area contributed by atoms with E-state index in [0.29, 0.717) is 5.92 Å². The normalized spacial score (nSPS) is 18.2. The lowest BCUT2D eigenvalue weighted by Gasteiger charge is -2.34. The molecule has 2 aromatic rings. The number of halogens is 2. The van der Waals surface area contributed by atoms with Crippen LogP contribution in [-0.4, -0.2) is 48.5 Å². The number of rotatable bonds is 6. The van der Waals surface area contributed by atoms with E-state index in [4.69, 9.17) is 27.9 Å². The highest BCUT2D eigenvalue weighted by Crippen LogP contribution is 2.38. The summed E-state index contributed by atoms with van der Waals surface area (Å²) >= 11 is 12.2. The maximum atomic E-state index is 12.8. The maximum absolute atomic E-state index is 12.8. The smallest absolute Gasteiger partial charge is 0.260 e.